The number of rotatable bonds is 2. The van der Waals surface area contributed by atoms with Gasteiger partial charge < -0.3 is 9.30 Å². The number of methoxy groups -OCH3 is 1. The second kappa shape index (κ2) is 4.25. The lowest BCUT2D eigenvalue weighted by atomic mass is 10.5. The molecule has 1 aromatic heterocycles. The molecule has 0 atom stereocenters. The molecule has 68 valence electrons. The Morgan fingerprint density at radius 1 is 1.62 bits per heavy atom. The molecule has 0 aliphatic rings. The smallest absolute Gasteiger partial charge is 0.331 e. The summed E-state index contributed by atoms with van der Waals surface area (Å²) in [6.07, 6.45) is 4.42. The van der Waals surface area contributed by atoms with E-state index in [0.717, 1.165) is 0 Å². The fraction of sp³-hybridized carbons (Fsp3) is 0.111. The van der Waals surface area contributed by atoms with E-state index < -0.39 is 5.97 Å². The predicted molar refractivity (Wildman–Crippen MR) is 47.6 cm³/mol. The molecule has 0 radical (unpaired) electrons. The van der Waals surface area contributed by atoms with E-state index in [1.54, 1.807) is 24.4 Å². The van der Waals surface area contributed by atoms with Gasteiger partial charge in [0.2, 0.25) is 0 Å². The normalized spacial score (nSPS) is 10.2. The summed E-state index contributed by atoms with van der Waals surface area (Å²) in [4.78, 5) is 10.7. The van der Waals surface area contributed by atoms with Crippen molar-refractivity contribution in [2.24, 2.45) is 0 Å². The summed E-state index contributed by atoms with van der Waals surface area (Å²) < 4.78 is 5.92. The van der Waals surface area contributed by atoms with Gasteiger partial charge in [-0.3, -0.25) is 5.41 Å². The molecule has 0 unspecified atom stereocenters. The first-order chi connectivity index (χ1) is 6.24. The summed E-state index contributed by atoms with van der Waals surface area (Å²) in [5.41, 5.74) is 0.308. The van der Waals surface area contributed by atoms with E-state index in [1.165, 1.54) is 24.0 Å². The van der Waals surface area contributed by atoms with Crippen LogP contribution in [-0.4, -0.2) is 17.6 Å². The average Bonchev–Trinajstić information content (AvgIpc) is 2.16. The number of pyridine rings is 1. The number of esters is 1. The van der Waals surface area contributed by atoms with Crippen molar-refractivity contribution < 1.29 is 9.53 Å². The van der Waals surface area contributed by atoms with Crippen molar-refractivity contribution >= 4 is 12.2 Å². The minimum absolute atomic E-state index is 0.308. The fourth-order valence-electron chi connectivity index (χ4n) is 0.795. The molecule has 1 rings (SSSR count). The number of carbonyl (C=O) groups excluding carboxylic acids is 1. The topological polar surface area (TPSA) is 55.1 Å². The van der Waals surface area contributed by atoms with Crippen molar-refractivity contribution in [3.05, 3.63) is 36.0 Å². The predicted octanol–water partition coefficient (Wildman–Crippen LogP) is 0.611. The second-order valence-electron chi connectivity index (χ2n) is 2.33. The van der Waals surface area contributed by atoms with Crippen molar-refractivity contribution in [2.75, 3.05) is 7.11 Å². The van der Waals surface area contributed by atoms with Gasteiger partial charge in [-0.2, -0.15) is 0 Å². The van der Waals surface area contributed by atoms with Gasteiger partial charge in [0.1, 0.15) is 5.49 Å². The zero-order valence-electron chi connectivity index (χ0n) is 7.23. The first-order valence-corrected chi connectivity index (χ1v) is 3.72. The minimum atomic E-state index is -0.434. The number of carbonyl (C=O) groups is 1. The Morgan fingerprint density at radius 2 is 2.38 bits per heavy atom. The Morgan fingerprint density at radius 3 is 3.00 bits per heavy atom. The van der Waals surface area contributed by atoms with Crippen molar-refractivity contribution in [1.29, 1.82) is 5.41 Å². The van der Waals surface area contributed by atoms with E-state index in [2.05, 4.69) is 4.74 Å². The van der Waals surface area contributed by atoms with E-state index in [9.17, 15) is 4.79 Å². The third-order valence-electron chi connectivity index (χ3n) is 1.46. The highest BCUT2D eigenvalue weighted by atomic mass is 16.5. The van der Waals surface area contributed by atoms with Crippen molar-refractivity contribution in [2.45, 2.75) is 0 Å². The molecule has 0 saturated carbocycles. The number of aromatic nitrogens is 1. The largest absolute Gasteiger partial charge is 0.466 e. The fourth-order valence-corrected chi connectivity index (χ4v) is 0.795. The molecule has 0 aliphatic heterocycles. The highest BCUT2D eigenvalue weighted by Gasteiger charge is 1.90. The molecule has 13 heavy (non-hydrogen) atoms. The van der Waals surface area contributed by atoms with E-state index in [-0.39, 0.29) is 0 Å². The summed E-state index contributed by atoms with van der Waals surface area (Å²) >= 11 is 0. The van der Waals surface area contributed by atoms with Gasteiger partial charge in [-0.25, -0.2) is 4.79 Å². The van der Waals surface area contributed by atoms with Gasteiger partial charge in [0.15, 0.2) is 0 Å². The quantitative estimate of drug-likeness (QED) is 0.533. The molecule has 0 fully saturated rings. The Hall–Kier alpha value is -1.84. The lowest BCUT2D eigenvalue weighted by Gasteiger charge is -1.97. The molecule has 1 heterocycles. The van der Waals surface area contributed by atoms with E-state index in [1.807, 2.05) is 0 Å². The summed E-state index contributed by atoms with van der Waals surface area (Å²) in [6.45, 7) is 0. The lowest BCUT2D eigenvalue weighted by molar-refractivity contribution is -0.134. The van der Waals surface area contributed by atoms with Crippen LogP contribution in [0.4, 0.5) is 0 Å². The van der Waals surface area contributed by atoms with Gasteiger partial charge in [0.25, 0.3) is 0 Å². The third-order valence-corrected chi connectivity index (χ3v) is 1.46. The maximum absolute atomic E-state index is 10.7. The molecule has 1 N–H and O–H groups in total. The molecule has 0 saturated heterocycles. The number of ether oxygens (including phenoxy) is 1. The molecule has 4 nitrogen and oxygen atoms in total. The van der Waals surface area contributed by atoms with Crippen LogP contribution in [-0.2, 0) is 9.53 Å². The van der Waals surface area contributed by atoms with E-state index in [4.69, 9.17) is 5.41 Å². The maximum atomic E-state index is 10.7. The van der Waals surface area contributed by atoms with Crippen LogP contribution in [0.5, 0.6) is 0 Å². The van der Waals surface area contributed by atoms with Crippen LogP contribution >= 0.6 is 0 Å². The Kier molecular flexibility index (Phi) is 3.03. The third kappa shape index (κ3) is 2.59. The van der Waals surface area contributed by atoms with Crippen LogP contribution in [0.15, 0.2) is 30.5 Å². The van der Waals surface area contributed by atoms with E-state index >= 15 is 0 Å². The van der Waals surface area contributed by atoms with Crippen LogP contribution in [0, 0.1) is 5.41 Å². The highest BCUT2D eigenvalue weighted by molar-refractivity contribution is 5.84. The number of hydrogen-bond donors (Lipinski definition) is 1. The zero-order valence-corrected chi connectivity index (χ0v) is 7.23. The van der Waals surface area contributed by atoms with Gasteiger partial charge >= 0.3 is 5.97 Å². The number of nitrogens with one attached hydrogen (secondary N) is 1. The van der Waals surface area contributed by atoms with Crippen LogP contribution < -0.4 is 5.49 Å². The molecule has 0 aromatic carbocycles. The first-order valence-electron chi connectivity index (χ1n) is 3.72. The molecule has 0 aliphatic carbocycles. The second-order valence-corrected chi connectivity index (χ2v) is 2.33. The van der Waals surface area contributed by atoms with Crippen LogP contribution in [0.25, 0.3) is 6.20 Å². The van der Waals surface area contributed by atoms with E-state index in [0.29, 0.717) is 5.49 Å². The highest BCUT2D eigenvalue weighted by Crippen LogP contribution is 1.84. The van der Waals surface area contributed by atoms with Crippen molar-refractivity contribution in [3.63, 3.8) is 0 Å². The van der Waals surface area contributed by atoms with Crippen molar-refractivity contribution in [1.82, 2.24) is 4.57 Å². The average molecular weight is 178 g/mol. The Bertz CT molecular complexity index is 379. The lowest BCUT2D eigenvalue weighted by Crippen LogP contribution is -2.12. The van der Waals surface area contributed by atoms with Crippen LogP contribution in [0.2, 0.25) is 0 Å². The van der Waals surface area contributed by atoms with Gasteiger partial charge in [0, 0.05) is 18.5 Å². The van der Waals surface area contributed by atoms with Crippen LogP contribution in [0.1, 0.15) is 0 Å². The molecule has 0 bridgehead atoms. The summed E-state index contributed by atoms with van der Waals surface area (Å²) in [5, 5.41) is 7.43. The molecule has 4 heteroatoms. The minimum Gasteiger partial charge on any atom is -0.466 e. The Balaban J connectivity index is 2.86. The van der Waals surface area contributed by atoms with Gasteiger partial charge in [-0.05, 0) is 12.1 Å². The first kappa shape index (κ1) is 9.25. The van der Waals surface area contributed by atoms with Gasteiger partial charge in [-0.15, -0.1) is 0 Å². The van der Waals surface area contributed by atoms with Crippen LogP contribution in [0.3, 0.4) is 0 Å². The summed E-state index contributed by atoms with van der Waals surface area (Å²) in [7, 11) is 1.31. The molecule has 0 amide bonds. The monoisotopic (exact) mass is 178 g/mol. The summed E-state index contributed by atoms with van der Waals surface area (Å²) in [6, 6.07) is 5.16. The molecule has 0 spiro atoms. The zero-order chi connectivity index (χ0) is 9.68. The molecular formula is C9H10N2O2. The standard InChI is InChI=1S/C9H10N2O2/c1-13-9(12)5-7-11-6-3-2-4-8(11)10/h2-7,10H,1H3/b7-5-,10-8?. The molecular weight excluding hydrogens is 168 g/mol. The number of nitrogens with zero attached hydrogens (tertiary/aromatic N) is 1. The SMILES string of the molecule is COC(=O)/C=C\n1ccccc1=N. The van der Waals surface area contributed by atoms with Crippen molar-refractivity contribution in [3.8, 4) is 0 Å². The summed E-state index contributed by atoms with van der Waals surface area (Å²) in [5.74, 6) is -0.434. The molecule has 1 aromatic rings. The Labute approximate surface area is 75.6 Å². The van der Waals surface area contributed by atoms with Gasteiger partial charge in [-0.1, -0.05) is 6.07 Å². The van der Waals surface area contributed by atoms with Gasteiger partial charge in [0.05, 0.1) is 7.11 Å². The number of hydrogen-bond acceptors (Lipinski definition) is 3. The maximum Gasteiger partial charge on any atom is 0.331 e.